The fourth-order valence-corrected chi connectivity index (χ4v) is 2.29. The quantitative estimate of drug-likeness (QED) is 0.826. The number of nitrogens with zero attached hydrogens (tertiary/aromatic N) is 1. The van der Waals surface area contributed by atoms with Crippen LogP contribution in [0, 0.1) is 0 Å². The Morgan fingerprint density at radius 3 is 2.52 bits per heavy atom. The van der Waals surface area contributed by atoms with Crippen molar-refractivity contribution in [3.8, 4) is 5.75 Å². The molecule has 0 aliphatic carbocycles. The zero-order valence-electron chi connectivity index (χ0n) is 12.3. The Morgan fingerprint density at radius 2 is 1.95 bits per heavy atom. The number of urea groups is 1. The summed E-state index contributed by atoms with van der Waals surface area (Å²) in [5, 5.41) is 7.69. The van der Waals surface area contributed by atoms with Gasteiger partial charge in [0.05, 0.1) is 0 Å². The molecule has 2 N–H and O–H groups in total. The van der Waals surface area contributed by atoms with Crippen molar-refractivity contribution >= 4 is 22.5 Å². The molecule has 0 aliphatic rings. The summed E-state index contributed by atoms with van der Waals surface area (Å²) in [7, 11) is 0. The van der Waals surface area contributed by atoms with E-state index in [2.05, 4.69) is 29.5 Å². The van der Waals surface area contributed by atoms with E-state index >= 15 is 0 Å². The van der Waals surface area contributed by atoms with Gasteiger partial charge in [0.25, 0.3) is 0 Å². The first-order valence-electron chi connectivity index (χ1n) is 6.78. The number of thiazole rings is 1. The van der Waals surface area contributed by atoms with Crippen LogP contribution in [-0.4, -0.2) is 17.2 Å². The molecule has 2 amide bonds. The minimum atomic E-state index is -0.435. The maximum Gasteiger partial charge on any atom is 0.323 e. The number of rotatable bonds is 5. The largest absolute Gasteiger partial charge is 0.471 e. The smallest absolute Gasteiger partial charge is 0.323 e. The van der Waals surface area contributed by atoms with Gasteiger partial charge >= 0.3 is 6.03 Å². The van der Waals surface area contributed by atoms with Crippen LogP contribution in [0.2, 0.25) is 0 Å². The molecule has 1 unspecified atom stereocenters. The molecule has 0 bridgehead atoms. The Bertz CT molecular complexity index is 567. The predicted molar refractivity (Wildman–Crippen MR) is 84.9 cm³/mol. The monoisotopic (exact) mass is 305 g/mol. The minimum absolute atomic E-state index is 0.337. The SMILES string of the molecule is CC(NC(=O)Nc1nccs1)Oc1ccc(C(C)C)cc1. The molecule has 0 saturated heterocycles. The summed E-state index contributed by atoms with van der Waals surface area (Å²) in [6, 6.07) is 7.54. The van der Waals surface area contributed by atoms with Crippen LogP contribution in [0.1, 0.15) is 32.3 Å². The van der Waals surface area contributed by atoms with Crippen molar-refractivity contribution in [1.82, 2.24) is 10.3 Å². The van der Waals surface area contributed by atoms with Crippen molar-refractivity contribution in [2.45, 2.75) is 32.9 Å². The van der Waals surface area contributed by atoms with E-state index < -0.39 is 6.23 Å². The van der Waals surface area contributed by atoms with Gasteiger partial charge in [-0.1, -0.05) is 26.0 Å². The summed E-state index contributed by atoms with van der Waals surface area (Å²) in [6.07, 6.45) is 1.20. The second kappa shape index (κ2) is 7.08. The van der Waals surface area contributed by atoms with Crippen LogP contribution < -0.4 is 15.4 Å². The summed E-state index contributed by atoms with van der Waals surface area (Å²) in [5.41, 5.74) is 1.25. The number of aromatic nitrogens is 1. The van der Waals surface area contributed by atoms with Crippen molar-refractivity contribution in [2.24, 2.45) is 0 Å². The number of hydrogen-bond donors (Lipinski definition) is 2. The van der Waals surface area contributed by atoms with Gasteiger partial charge in [0.1, 0.15) is 5.75 Å². The normalized spacial score (nSPS) is 12.0. The molecule has 2 aromatic rings. The highest BCUT2D eigenvalue weighted by atomic mass is 32.1. The number of carbonyl (C=O) groups excluding carboxylic acids is 1. The van der Waals surface area contributed by atoms with Gasteiger partial charge in [0.2, 0.25) is 0 Å². The van der Waals surface area contributed by atoms with Crippen LogP contribution in [0.4, 0.5) is 9.93 Å². The molecule has 6 heteroatoms. The minimum Gasteiger partial charge on any atom is -0.471 e. The van der Waals surface area contributed by atoms with Gasteiger partial charge < -0.3 is 10.1 Å². The molecule has 0 spiro atoms. The van der Waals surface area contributed by atoms with E-state index in [-0.39, 0.29) is 6.03 Å². The first-order chi connectivity index (χ1) is 10.0. The maximum absolute atomic E-state index is 11.7. The summed E-state index contributed by atoms with van der Waals surface area (Å²) in [4.78, 5) is 15.7. The van der Waals surface area contributed by atoms with Crippen LogP contribution in [0.15, 0.2) is 35.8 Å². The molecular formula is C15H19N3O2S. The summed E-state index contributed by atoms with van der Waals surface area (Å²) in [6.45, 7) is 6.06. The van der Waals surface area contributed by atoms with Crippen LogP contribution in [-0.2, 0) is 0 Å². The van der Waals surface area contributed by atoms with Crippen LogP contribution in [0.5, 0.6) is 5.75 Å². The van der Waals surface area contributed by atoms with E-state index in [1.807, 2.05) is 24.3 Å². The lowest BCUT2D eigenvalue weighted by Gasteiger charge is -2.16. The predicted octanol–water partition coefficient (Wildman–Crippen LogP) is 3.81. The van der Waals surface area contributed by atoms with E-state index in [1.165, 1.54) is 16.9 Å². The van der Waals surface area contributed by atoms with Gasteiger partial charge in [-0.3, -0.25) is 5.32 Å². The van der Waals surface area contributed by atoms with Gasteiger partial charge in [0.15, 0.2) is 11.4 Å². The second-order valence-corrected chi connectivity index (χ2v) is 5.81. The Balaban J connectivity index is 1.83. The van der Waals surface area contributed by atoms with Gasteiger partial charge in [-0.25, -0.2) is 9.78 Å². The van der Waals surface area contributed by atoms with E-state index in [0.29, 0.717) is 11.0 Å². The first-order valence-corrected chi connectivity index (χ1v) is 7.66. The average Bonchev–Trinajstić information content (AvgIpc) is 2.91. The topological polar surface area (TPSA) is 63.2 Å². The van der Waals surface area contributed by atoms with Gasteiger partial charge in [-0.2, -0.15) is 0 Å². The number of amides is 2. The number of hydrogen-bond acceptors (Lipinski definition) is 4. The standard InChI is InChI=1S/C15H19N3O2S/c1-10(2)12-4-6-13(7-5-12)20-11(3)17-14(19)18-15-16-8-9-21-15/h4-11H,1-3H3,(H2,16,17,18,19). The van der Waals surface area contributed by atoms with Crippen molar-refractivity contribution < 1.29 is 9.53 Å². The molecule has 21 heavy (non-hydrogen) atoms. The zero-order valence-corrected chi connectivity index (χ0v) is 13.1. The Morgan fingerprint density at radius 1 is 1.24 bits per heavy atom. The lowest BCUT2D eigenvalue weighted by Crippen LogP contribution is -2.39. The lowest BCUT2D eigenvalue weighted by molar-refractivity contribution is 0.183. The molecule has 0 radical (unpaired) electrons. The molecular weight excluding hydrogens is 286 g/mol. The third kappa shape index (κ3) is 4.75. The number of ether oxygens (including phenoxy) is 1. The van der Waals surface area contributed by atoms with Crippen LogP contribution in [0.3, 0.4) is 0 Å². The van der Waals surface area contributed by atoms with Crippen molar-refractivity contribution in [3.05, 3.63) is 41.4 Å². The lowest BCUT2D eigenvalue weighted by atomic mass is 10.0. The van der Waals surface area contributed by atoms with Gasteiger partial charge in [-0.05, 0) is 30.5 Å². The Kier molecular flexibility index (Phi) is 5.16. The maximum atomic E-state index is 11.7. The number of anilines is 1. The van der Waals surface area contributed by atoms with Crippen molar-refractivity contribution in [1.29, 1.82) is 0 Å². The third-order valence-corrected chi connectivity index (χ3v) is 3.54. The number of carbonyl (C=O) groups is 1. The molecule has 0 saturated carbocycles. The molecule has 1 aromatic carbocycles. The summed E-state index contributed by atoms with van der Waals surface area (Å²) < 4.78 is 5.65. The van der Waals surface area contributed by atoms with E-state index in [1.54, 1.807) is 18.5 Å². The molecule has 1 aromatic heterocycles. The fraction of sp³-hybridized carbons (Fsp3) is 0.333. The highest BCUT2D eigenvalue weighted by Gasteiger charge is 2.09. The van der Waals surface area contributed by atoms with Crippen molar-refractivity contribution in [2.75, 3.05) is 5.32 Å². The number of benzene rings is 1. The molecule has 0 aliphatic heterocycles. The van der Waals surface area contributed by atoms with E-state index in [0.717, 1.165) is 5.75 Å². The van der Waals surface area contributed by atoms with E-state index in [4.69, 9.17) is 4.74 Å². The van der Waals surface area contributed by atoms with Crippen LogP contribution in [0.25, 0.3) is 0 Å². The second-order valence-electron chi connectivity index (χ2n) is 4.92. The molecule has 0 fully saturated rings. The Hall–Kier alpha value is -2.08. The molecule has 1 heterocycles. The fourth-order valence-electron chi connectivity index (χ4n) is 1.77. The highest BCUT2D eigenvalue weighted by Crippen LogP contribution is 2.19. The molecule has 1 atom stereocenters. The van der Waals surface area contributed by atoms with Gasteiger partial charge in [0, 0.05) is 11.6 Å². The molecule has 5 nitrogen and oxygen atoms in total. The zero-order chi connectivity index (χ0) is 15.2. The molecule has 2 rings (SSSR count). The Labute approximate surface area is 128 Å². The van der Waals surface area contributed by atoms with E-state index in [9.17, 15) is 4.79 Å². The van der Waals surface area contributed by atoms with Crippen LogP contribution >= 0.6 is 11.3 Å². The highest BCUT2D eigenvalue weighted by molar-refractivity contribution is 7.13. The third-order valence-electron chi connectivity index (χ3n) is 2.85. The summed E-state index contributed by atoms with van der Waals surface area (Å²) >= 11 is 1.36. The van der Waals surface area contributed by atoms with Crippen molar-refractivity contribution in [3.63, 3.8) is 0 Å². The molecule has 112 valence electrons. The number of nitrogens with one attached hydrogen (secondary N) is 2. The average molecular weight is 305 g/mol. The first kappa shape index (κ1) is 15.3. The van der Waals surface area contributed by atoms with Gasteiger partial charge in [-0.15, -0.1) is 11.3 Å². The summed E-state index contributed by atoms with van der Waals surface area (Å²) in [5.74, 6) is 1.21.